The van der Waals surface area contributed by atoms with Crippen LogP contribution in [0.5, 0.6) is 0 Å². The summed E-state index contributed by atoms with van der Waals surface area (Å²) in [5, 5.41) is 11.5. The number of carbonyl (C=O) groups excluding carboxylic acids is 1. The third-order valence-electron chi connectivity index (χ3n) is 5.08. The van der Waals surface area contributed by atoms with Crippen LogP contribution in [0.2, 0.25) is 0 Å². The van der Waals surface area contributed by atoms with E-state index in [1.165, 1.54) is 49.4 Å². The zero-order valence-electron chi connectivity index (χ0n) is 15.9. The summed E-state index contributed by atoms with van der Waals surface area (Å²) in [4.78, 5) is 16.9. The summed E-state index contributed by atoms with van der Waals surface area (Å²) in [6, 6.07) is 8.15. The molecule has 5 nitrogen and oxygen atoms in total. The molecule has 0 aliphatic heterocycles. The van der Waals surface area contributed by atoms with Gasteiger partial charge in [0.1, 0.15) is 0 Å². The van der Waals surface area contributed by atoms with Crippen molar-refractivity contribution in [2.45, 2.75) is 56.6 Å². The van der Waals surface area contributed by atoms with Crippen molar-refractivity contribution in [1.82, 2.24) is 15.2 Å². The van der Waals surface area contributed by atoms with Crippen LogP contribution in [0, 0.1) is 6.92 Å². The first kappa shape index (κ1) is 19.3. The average Bonchev–Trinajstić information content (AvgIpc) is 3.36. The van der Waals surface area contributed by atoms with Gasteiger partial charge in [0.15, 0.2) is 5.78 Å². The Morgan fingerprint density at radius 3 is 2.68 bits per heavy atom. The molecule has 0 unspecified atom stereocenters. The number of nitrogens with zero attached hydrogens (tertiary/aromatic N) is 3. The number of rotatable bonds is 7. The smallest absolute Gasteiger partial charge is 0.277 e. The topological polar surface area (TPSA) is 68.9 Å². The van der Waals surface area contributed by atoms with Crippen molar-refractivity contribution in [2.75, 3.05) is 5.75 Å². The van der Waals surface area contributed by atoms with Gasteiger partial charge in [-0.2, -0.15) is 0 Å². The number of aromatic nitrogens is 3. The number of thiazole rings is 1. The molecule has 1 aromatic carbocycles. The predicted molar refractivity (Wildman–Crippen MR) is 111 cm³/mol. The molecule has 2 heterocycles. The lowest BCUT2D eigenvalue weighted by atomic mass is 9.84. The molecule has 7 heteroatoms. The van der Waals surface area contributed by atoms with Crippen LogP contribution in [0.25, 0.3) is 0 Å². The molecule has 146 valence electrons. The average molecular weight is 414 g/mol. The van der Waals surface area contributed by atoms with Gasteiger partial charge in [-0.05, 0) is 31.2 Å². The van der Waals surface area contributed by atoms with E-state index in [1.54, 1.807) is 11.3 Å². The first-order chi connectivity index (χ1) is 13.7. The maximum absolute atomic E-state index is 12.5. The second-order valence-corrected chi connectivity index (χ2v) is 9.15. The van der Waals surface area contributed by atoms with Gasteiger partial charge in [-0.15, -0.1) is 21.5 Å². The van der Waals surface area contributed by atoms with Gasteiger partial charge in [0.2, 0.25) is 5.89 Å². The summed E-state index contributed by atoms with van der Waals surface area (Å²) in [7, 11) is 0. The molecule has 0 bridgehead atoms. The summed E-state index contributed by atoms with van der Waals surface area (Å²) in [6.45, 7) is 1.97. The highest BCUT2D eigenvalue weighted by Crippen LogP contribution is 2.32. The minimum atomic E-state index is 0.0788. The Labute approximate surface area is 173 Å². The van der Waals surface area contributed by atoms with Crippen molar-refractivity contribution >= 4 is 28.9 Å². The third-order valence-corrected chi connectivity index (χ3v) is 6.72. The molecule has 3 aromatic rings. The summed E-state index contributed by atoms with van der Waals surface area (Å²) in [5.41, 5.74) is 3.03. The predicted octanol–water partition coefficient (Wildman–Crippen LogP) is 5.45. The SMILES string of the molecule is Cc1nc(Cc2nnc(SCC(=O)c3ccc(C4CCCCC4)cc3)o2)cs1. The van der Waals surface area contributed by atoms with Crippen molar-refractivity contribution in [1.29, 1.82) is 0 Å². The van der Waals surface area contributed by atoms with Gasteiger partial charge in [0.05, 0.1) is 22.9 Å². The minimum absolute atomic E-state index is 0.0788. The molecule has 0 radical (unpaired) electrons. The van der Waals surface area contributed by atoms with Crippen LogP contribution in [0.4, 0.5) is 0 Å². The van der Waals surface area contributed by atoms with Gasteiger partial charge >= 0.3 is 0 Å². The summed E-state index contributed by atoms with van der Waals surface area (Å²) in [6.07, 6.45) is 7.04. The normalized spacial score (nSPS) is 15.0. The molecular formula is C21H23N3O2S2. The molecule has 2 aromatic heterocycles. The van der Waals surface area contributed by atoms with Crippen molar-refractivity contribution in [3.05, 3.63) is 57.4 Å². The Balaban J connectivity index is 1.30. The van der Waals surface area contributed by atoms with Crippen LogP contribution >= 0.6 is 23.1 Å². The number of benzene rings is 1. The maximum atomic E-state index is 12.5. The lowest BCUT2D eigenvalue weighted by Gasteiger charge is -2.22. The molecule has 0 saturated heterocycles. The Kier molecular flexibility index (Phi) is 6.22. The number of Topliss-reactive ketones (excluding diaryl/α,β-unsaturated/α-hetero) is 1. The van der Waals surface area contributed by atoms with Crippen molar-refractivity contribution in [2.24, 2.45) is 0 Å². The van der Waals surface area contributed by atoms with E-state index in [0.29, 0.717) is 29.2 Å². The second-order valence-electron chi connectivity index (χ2n) is 7.17. The number of carbonyl (C=O) groups is 1. The van der Waals surface area contributed by atoms with Gasteiger partial charge in [0, 0.05) is 10.9 Å². The highest BCUT2D eigenvalue weighted by molar-refractivity contribution is 7.99. The zero-order valence-corrected chi connectivity index (χ0v) is 17.5. The van der Waals surface area contributed by atoms with Gasteiger partial charge in [-0.1, -0.05) is 55.3 Å². The molecule has 1 aliphatic rings. The molecule has 0 spiro atoms. The van der Waals surface area contributed by atoms with E-state index in [9.17, 15) is 4.79 Å². The first-order valence-electron chi connectivity index (χ1n) is 9.67. The lowest BCUT2D eigenvalue weighted by Crippen LogP contribution is -2.06. The van der Waals surface area contributed by atoms with E-state index >= 15 is 0 Å². The number of hydrogen-bond acceptors (Lipinski definition) is 7. The largest absolute Gasteiger partial charge is 0.416 e. The number of aryl methyl sites for hydroxylation is 1. The van der Waals surface area contributed by atoms with E-state index in [-0.39, 0.29) is 5.78 Å². The van der Waals surface area contributed by atoms with E-state index in [1.807, 2.05) is 24.4 Å². The van der Waals surface area contributed by atoms with Crippen LogP contribution in [-0.2, 0) is 6.42 Å². The van der Waals surface area contributed by atoms with E-state index in [0.717, 1.165) is 16.3 Å². The fraction of sp³-hybridized carbons (Fsp3) is 0.429. The summed E-state index contributed by atoms with van der Waals surface area (Å²) < 4.78 is 5.63. The molecule has 1 saturated carbocycles. The summed E-state index contributed by atoms with van der Waals surface area (Å²) in [5.74, 6) is 1.55. The highest BCUT2D eigenvalue weighted by Gasteiger charge is 2.16. The molecule has 1 aliphatic carbocycles. The molecule has 0 atom stereocenters. The van der Waals surface area contributed by atoms with Gasteiger partial charge < -0.3 is 4.42 Å². The Hall–Kier alpha value is -1.99. The number of ketones is 1. The highest BCUT2D eigenvalue weighted by atomic mass is 32.2. The van der Waals surface area contributed by atoms with E-state index in [2.05, 4.69) is 27.3 Å². The summed E-state index contributed by atoms with van der Waals surface area (Å²) >= 11 is 2.89. The number of hydrogen-bond donors (Lipinski definition) is 0. The van der Waals surface area contributed by atoms with Crippen LogP contribution in [-0.4, -0.2) is 26.7 Å². The monoisotopic (exact) mass is 413 g/mol. The van der Waals surface area contributed by atoms with Gasteiger partial charge in [0.25, 0.3) is 5.22 Å². The van der Waals surface area contributed by atoms with Crippen LogP contribution < -0.4 is 0 Å². The molecule has 1 fully saturated rings. The Bertz CT molecular complexity index is 927. The maximum Gasteiger partial charge on any atom is 0.277 e. The van der Waals surface area contributed by atoms with Gasteiger partial charge in [-0.25, -0.2) is 4.98 Å². The van der Waals surface area contributed by atoms with Crippen molar-refractivity contribution in [3.8, 4) is 0 Å². The molecule has 28 heavy (non-hydrogen) atoms. The molecule has 0 N–H and O–H groups in total. The van der Waals surface area contributed by atoms with Crippen LogP contribution in [0.15, 0.2) is 39.3 Å². The standard InChI is InChI=1S/C21H23N3O2S2/c1-14-22-18(12-27-14)11-20-23-24-21(26-20)28-13-19(25)17-9-7-16(8-10-17)15-5-3-2-4-6-15/h7-10,12,15H,2-6,11,13H2,1H3. The minimum Gasteiger partial charge on any atom is -0.416 e. The lowest BCUT2D eigenvalue weighted by molar-refractivity contribution is 0.102. The first-order valence-corrected chi connectivity index (χ1v) is 11.5. The fourth-order valence-electron chi connectivity index (χ4n) is 3.60. The number of thioether (sulfide) groups is 1. The van der Waals surface area contributed by atoms with E-state index < -0.39 is 0 Å². The fourth-order valence-corrected chi connectivity index (χ4v) is 4.89. The van der Waals surface area contributed by atoms with Crippen LogP contribution in [0.1, 0.15) is 70.5 Å². The Morgan fingerprint density at radius 2 is 1.96 bits per heavy atom. The van der Waals surface area contributed by atoms with Crippen LogP contribution in [0.3, 0.4) is 0 Å². The Morgan fingerprint density at radius 1 is 1.18 bits per heavy atom. The molecular weight excluding hydrogens is 390 g/mol. The second kappa shape index (κ2) is 9.01. The zero-order chi connectivity index (χ0) is 19.3. The quantitative estimate of drug-likeness (QED) is 0.379. The van der Waals surface area contributed by atoms with E-state index in [4.69, 9.17) is 4.42 Å². The van der Waals surface area contributed by atoms with Crippen molar-refractivity contribution in [3.63, 3.8) is 0 Å². The molecule has 0 amide bonds. The van der Waals surface area contributed by atoms with Crippen molar-refractivity contribution < 1.29 is 9.21 Å². The molecule has 4 rings (SSSR count). The van der Waals surface area contributed by atoms with Gasteiger partial charge in [-0.3, -0.25) is 4.79 Å². The third kappa shape index (κ3) is 4.89.